The van der Waals surface area contributed by atoms with Gasteiger partial charge < -0.3 is 9.31 Å². The maximum atomic E-state index is 5.16. The Morgan fingerprint density at radius 3 is 2.44 bits per heavy atom. The minimum absolute atomic E-state index is 0.141. The van der Waals surface area contributed by atoms with Crippen molar-refractivity contribution in [2.45, 2.75) is 13.7 Å². The van der Waals surface area contributed by atoms with Crippen LogP contribution in [0.2, 0.25) is 6.82 Å². The van der Waals surface area contributed by atoms with Gasteiger partial charge in [0, 0.05) is 0 Å². The highest BCUT2D eigenvalue weighted by molar-refractivity contribution is 6.44. The summed E-state index contributed by atoms with van der Waals surface area (Å²) >= 11 is 0. The molecule has 3 heteroatoms. The Kier molecular flexibility index (Phi) is 1.51. The van der Waals surface area contributed by atoms with Crippen LogP contribution in [0.25, 0.3) is 0 Å². The van der Waals surface area contributed by atoms with E-state index in [2.05, 4.69) is 6.58 Å². The second-order valence-electron chi connectivity index (χ2n) is 1.93. The molecule has 0 saturated carbocycles. The van der Waals surface area contributed by atoms with E-state index in [0.717, 1.165) is 11.5 Å². The Bertz CT molecular complexity index is 162. The smallest absolute Gasteiger partial charge is 0.527 e. The molecule has 0 bridgehead atoms. The van der Waals surface area contributed by atoms with Crippen molar-refractivity contribution in [3.05, 3.63) is 24.2 Å². The van der Waals surface area contributed by atoms with Crippen molar-refractivity contribution in [3.63, 3.8) is 0 Å². The van der Waals surface area contributed by atoms with E-state index >= 15 is 0 Å². The Morgan fingerprint density at radius 2 is 2.22 bits per heavy atom. The first kappa shape index (κ1) is 6.27. The molecule has 0 aromatic heterocycles. The molecule has 0 aromatic carbocycles. The third-order valence-electron chi connectivity index (χ3n) is 1.17. The molecule has 0 amide bonds. The summed E-state index contributed by atoms with van der Waals surface area (Å²) < 4.78 is 10.3. The van der Waals surface area contributed by atoms with Crippen molar-refractivity contribution >= 4 is 7.12 Å². The van der Waals surface area contributed by atoms with Crippen LogP contribution in [0.4, 0.5) is 0 Å². The van der Waals surface area contributed by atoms with E-state index in [1.165, 1.54) is 0 Å². The molecule has 2 nitrogen and oxygen atoms in total. The van der Waals surface area contributed by atoms with Crippen LogP contribution in [0, 0.1) is 0 Å². The fourth-order valence-corrected chi connectivity index (χ4v) is 0.785. The molecule has 0 radical (unpaired) electrons. The fourth-order valence-electron chi connectivity index (χ4n) is 0.785. The third kappa shape index (κ3) is 1.09. The van der Waals surface area contributed by atoms with Crippen molar-refractivity contribution < 1.29 is 9.31 Å². The summed E-state index contributed by atoms with van der Waals surface area (Å²) in [6.45, 7) is 7.27. The van der Waals surface area contributed by atoms with Crippen LogP contribution >= 0.6 is 0 Å². The molecule has 9 heavy (non-hydrogen) atoms. The Balaban J connectivity index is 2.69. The van der Waals surface area contributed by atoms with E-state index in [0.29, 0.717) is 0 Å². The SMILES string of the molecule is C=CC1=C(C)OB(C)O1. The zero-order chi connectivity index (χ0) is 6.85. The lowest BCUT2D eigenvalue weighted by molar-refractivity contribution is 0.388. The highest BCUT2D eigenvalue weighted by Gasteiger charge is 2.23. The lowest BCUT2D eigenvalue weighted by Crippen LogP contribution is -2.07. The van der Waals surface area contributed by atoms with Gasteiger partial charge in [-0.05, 0) is 19.8 Å². The highest BCUT2D eigenvalue weighted by Crippen LogP contribution is 2.18. The van der Waals surface area contributed by atoms with Crippen molar-refractivity contribution in [2.75, 3.05) is 0 Å². The van der Waals surface area contributed by atoms with Crippen LogP contribution in [0.1, 0.15) is 6.92 Å². The topological polar surface area (TPSA) is 18.5 Å². The zero-order valence-corrected chi connectivity index (χ0v) is 5.68. The van der Waals surface area contributed by atoms with Crippen LogP contribution in [0.3, 0.4) is 0 Å². The molecule has 1 aliphatic heterocycles. The van der Waals surface area contributed by atoms with Gasteiger partial charge in [-0.15, -0.1) is 0 Å². The summed E-state index contributed by atoms with van der Waals surface area (Å²) in [5.74, 6) is 1.57. The lowest BCUT2D eigenvalue weighted by atomic mass is 9.97. The summed E-state index contributed by atoms with van der Waals surface area (Å²) in [4.78, 5) is 0. The van der Waals surface area contributed by atoms with Gasteiger partial charge in [-0.2, -0.15) is 0 Å². The predicted octanol–water partition coefficient (Wildman–Crippen LogP) is 1.57. The molecule has 0 atom stereocenters. The van der Waals surface area contributed by atoms with E-state index in [1.54, 1.807) is 6.08 Å². The van der Waals surface area contributed by atoms with Crippen molar-refractivity contribution in [2.24, 2.45) is 0 Å². The van der Waals surface area contributed by atoms with Gasteiger partial charge in [-0.3, -0.25) is 0 Å². The maximum Gasteiger partial charge on any atom is 0.591 e. The monoisotopic (exact) mass is 124 g/mol. The van der Waals surface area contributed by atoms with Crippen molar-refractivity contribution in [1.82, 2.24) is 0 Å². The van der Waals surface area contributed by atoms with E-state index in [1.807, 2.05) is 13.7 Å². The van der Waals surface area contributed by atoms with Crippen LogP contribution < -0.4 is 0 Å². The van der Waals surface area contributed by atoms with E-state index in [-0.39, 0.29) is 7.12 Å². The first-order chi connectivity index (χ1) is 4.24. The van der Waals surface area contributed by atoms with Gasteiger partial charge in [-0.25, -0.2) is 0 Å². The Hall–Kier alpha value is -0.855. The molecule has 1 rings (SSSR count). The van der Waals surface area contributed by atoms with Gasteiger partial charge in [-0.1, -0.05) is 6.58 Å². The third-order valence-corrected chi connectivity index (χ3v) is 1.17. The first-order valence-electron chi connectivity index (χ1n) is 2.90. The quantitative estimate of drug-likeness (QED) is 0.494. The van der Waals surface area contributed by atoms with E-state index in [9.17, 15) is 0 Å². The zero-order valence-electron chi connectivity index (χ0n) is 5.68. The van der Waals surface area contributed by atoms with Crippen molar-refractivity contribution in [1.29, 1.82) is 0 Å². The number of hydrogen-bond acceptors (Lipinski definition) is 2. The fraction of sp³-hybridized carbons (Fsp3) is 0.333. The number of hydrogen-bond donors (Lipinski definition) is 0. The highest BCUT2D eigenvalue weighted by atomic mass is 16.6. The molecular formula is C6H9BO2. The predicted molar refractivity (Wildman–Crippen MR) is 36.7 cm³/mol. The number of rotatable bonds is 1. The molecule has 0 aliphatic carbocycles. The molecule has 0 saturated heterocycles. The van der Waals surface area contributed by atoms with Crippen LogP contribution in [0.15, 0.2) is 24.2 Å². The standard InChI is InChI=1S/C6H9BO2/c1-4-6-5(2)8-7(3)9-6/h4H,1H2,2-3H3. The van der Waals surface area contributed by atoms with E-state index < -0.39 is 0 Å². The molecule has 1 aliphatic rings. The van der Waals surface area contributed by atoms with Crippen LogP contribution in [-0.4, -0.2) is 7.12 Å². The molecule has 1 heterocycles. The van der Waals surface area contributed by atoms with Gasteiger partial charge in [0.15, 0.2) is 0 Å². The summed E-state index contributed by atoms with van der Waals surface area (Å²) in [6.07, 6.45) is 1.65. The molecular weight excluding hydrogens is 115 g/mol. The largest absolute Gasteiger partial charge is 0.591 e. The average molecular weight is 124 g/mol. The minimum atomic E-state index is -0.141. The van der Waals surface area contributed by atoms with Gasteiger partial charge in [0.2, 0.25) is 0 Å². The molecule has 0 unspecified atom stereocenters. The van der Waals surface area contributed by atoms with Gasteiger partial charge >= 0.3 is 7.12 Å². The summed E-state index contributed by atoms with van der Waals surface area (Å²) in [5.41, 5.74) is 0. The van der Waals surface area contributed by atoms with Crippen LogP contribution in [0.5, 0.6) is 0 Å². The molecule has 0 aromatic rings. The maximum absolute atomic E-state index is 5.16. The summed E-state index contributed by atoms with van der Waals surface area (Å²) in [6, 6.07) is 0. The van der Waals surface area contributed by atoms with Gasteiger partial charge in [0.1, 0.15) is 11.5 Å². The second-order valence-corrected chi connectivity index (χ2v) is 1.93. The number of allylic oxidation sites excluding steroid dienone is 2. The lowest BCUT2D eigenvalue weighted by Gasteiger charge is -1.96. The molecule has 48 valence electrons. The van der Waals surface area contributed by atoms with Crippen LogP contribution in [-0.2, 0) is 9.31 Å². The molecule has 0 N–H and O–H groups in total. The van der Waals surface area contributed by atoms with Gasteiger partial charge in [0.05, 0.1) is 0 Å². The van der Waals surface area contributed by atoms with E-state index in [4.69, 9.17) is 9.31 Å². The van der Waals surface area contributed by atoms with Gasteiger partial charge in [0.25, 0.3) is 0 Å². The second kappa shape index (κ2) is 2.17. The van der Waals surface area contributed by atoms with Crippen molar-refractivity contribution in [3.8, 4) is 0 Å². The minimum Gasteiger partial charge on any atom is -0.527 e. The average Bonchev–Trinajstić information content (AvgIpc) is 2.10. The normalized spacial score (nSPS) is 17.3. The first-order valence-corrected chi connectivity index (χ1v) is 2.90. The molecule has 0 spiro atoms. The summed E-state index contributed by atoms with van der Waals surface area (Å²) in [5, 5.41) is 0. The summed E-state index contributed by atoms with van der Waals surface area (Å²) in [7, 11) is -0.141. The molecule has 0 fully saturated rings. The Labute approximate surface area is 55.3 Å². The Morgan fingerprint density at radius 1 is 1.56 bits per heavy atom.